The molecule has 3 nitrogen and oxygen atoms in total. The van der Waals surface area contributed by atoms with Crippen molar-refractivity contribution < 1.29 is 9.53 Å². The van der Waals surface area contributed by atoms with E-state index in [4.69, 9.17) is 4.74 Å². The number of ketones is 1. The lowest BCUT2D eigenvalue weighted by Crippen LogP contribution is -2.36. The van der Waals surface area contributed by atoms with E-state index in [2.05, 4.69) is 4.90 Å². The molecule has 0 N–H and O–H groups in total. The summed E-state index contributed by atoms with van der Waals surface area (Å²) in [6.07, 6.45) is 7.28. The first kappa shape index (κ1) is 12.1. The van der Waals surface area contributed by atoms with Gasteiger partial charge in [-0.2, -0.15) is 0 Å². The van der Waals surface area contributed by atoms with Gasteiger partial charge in [0.15, 0.2) is 0 Å². The van der Waals surface area contributed by atoms with Gasteiger partial charge in [-0.05, 0) is 25.7 Å². The first-order valence-electron chi connectivity index (χ1n) is 6.57. The molecule has 92 valence electrons. The summed E-state index contributed by atoms with van der Waals surface area (Å²) in [6, 6.07) is 0.667. The number of carbonyl (C=O) groups excluding carboxylic acids is 1. The second-order valence-electron chi connectivity index (χ2n) is 5.14. The van der Waals surface area contributed by atoms with Crippen LogP contribution in [0.15, 0.2) is 0 Å². The summed E-state index contributed by atoms with van der Waals surface area (Å²) < 4.78 is 5.10. The minimum Gasteiger partial charge on any atom is -0.383 e. The summed E-state index contributed by atoms with van der Waals surface area (Å²) in [5.41, 5.74) is 0. The van der Waals surface area contributed by atoms with Crippen molar-refractivity contribution in [1.82, 2.24) is 4.90 Å². The summed E-state index contributed by atoms with van der Waals surface area (Å²) in [7, 11) is 1.73. The van der Waals surface area contributed by atoms with Crippen molar-refractivity contribution in [1.29, 1.82) is 0 Å². The molecule has 2 saturated carbocycles. The molecule has 0 radical (unpaired) electrons. The van der Waals surface area contributed by atoms with E-state index in [1.54, 1.807) is 7.11 Å². The van der Waals surface area contributed by atoms with Gasteiger partial charge in [0.25, 0.3) is 0 Å². The van der Waals surface area contributed by atoms with Gasteiger partial charge in [0.05, 0.1) is 13.2 Å². The van der Waals surface area contributed by atoms with Gasteiger partial charge >= 0.3 is 0 Å². The average Bonchev–Trinajstić information content (AvgIpc) is 2.98. The highest BCUT2D eigenvalue weighted by atomic mass is 16.5. The average molecular weight is 225 g/mol. The molecule has 0 atom stereocenters. The molecule has 0 aromatic heterocycles. The molecule has 0 saturated heterocycles. The van der Waals surface area contributed by atoms with Crippen LogP contribution < -0.4 is 0 Å². The zero-order valence-corrected chi connectivity index (χ0v) is 10.3. The van der Waals surface area contributed by atoms with E-state index in [9.17, 15) is 4.79 Å². The van der Waals surface area contributed by atoms with Gasteiger partial charge in [0.2, 0.25) is 0 Å². The van der Waals surface area contributed by atoms with Crippen LogP contribution in [0.1, 0.15) is 38.5 Å². The molecule has 2 rings (SSSR count). The highest BCUT2D eigenvalue weighted by molar-refractivity contribution is 5.83. The quantitative estimate of drug-likeness (QED) is 0.662. The molecule has 0 unspecified atom stereocenters. The zero-order valence-electron chi connectivity index (χ0n) is 10.3. The van der Waals surface area contributed by atoms with Crippen molar-refractivity contribution >= 4 is 5.78 Å². The molecule has 0 bridgehead atoms. The van der Waals surface area contributed by atoms with Crippen LogP contribution in [0.4, 0.5) is 0 Å². The lowest BCUT2D eigenvalue weighted by molar-refractivity contribution is -0.124. The SMILES string of the molecule is COCCN(CC(=O)C1CCCC1)C1CC1. The van der Waals surface area contributed by atoms with E-state index in [1.165, 1.54) is 25.7 Å². The minimum atomic E-state index is 0.365. The van der Waals surface area contributed by atoms with Crippen molar-refractivity contribution in [3.05, 3.63) is 0 Å². The Morgan fingerprint density at radius 3 is 2.50 bits per heavy atom. The van der Waals surface area contributed by atoms with Gasteiger partial charge < -0.3 is 4.74 Å². The van der Waals surface area contributed by atoms with E-state index >= 15 is 0 Å². The monoisotopic (exact) mass is 225 g/mol. The molecule has 0 heterocycles. The Labute approximate surface area is 98.1 Å². The maximum atomic E-state index is 12.1. The minimum absolute atomic E-state index is 0.365. The summed E-state index contributed by atoms with van der Waals surface area (Å²) in [4.78, 5) is 14.4. The van der Waals surface area contributed by atoms with E-state index in [1.807, 2.05) is 0 Å². The smallest absolute Gasteiger partial charge is 0.149 e. The first-order chi connectivity index (χ1) is 7.81. The van der Waals surface area contributed by atoms with Crippen LogP contribution in [-0.2, 0) is 9.53 Å². The van der Waals surface area contributed by atoms with Crippen molar-refractivity contribution in [2.24, 2.45) is 5.92 Å². The summed E-state index contributed by atoms with van der Waals surface area (Å²) in [5, 5.41) is 0. The third-order valence-electron chi connectivity index (χ3n) is 3.82. The Hall–Kier alpha value is -0.410. The highest BCUT2D eigenvalue weighted by Crippen LogP contribution is 2.29. The maximum absolute atomic E-state index is 12.1. The standard InChI is InChI=1S/C13H23NO2/c1-16-9-8-14(12-6-7-12)10-13(15)11-4-2-3-5-11/h11-12H,2-10H2,1H3. The molecular weight excluding hydrogens is 202 g/mol. The molecule has 0 aromatic carbocycles. The molecule has 3 heteroatoms. The molecule has 0 aromatic rings. The predicted octanol–water partition coefficient (Wildman–Crippen LogP) is 1.86. The van der Waals surface area contributed by atoms with Gasteiger partial charge in [-0.25, -0.2) is 0 Å². The predicted molar refractivity (Wildman–Crippen MR) is 63.4 cm³/mol. The zero-order chi connectivity index (χ0) is 11.4. The largest absolute Gasteiger partial charge is 0.383 e. The fourth-order valence-electron chi connectivity index (χ4n) is 2.62. The van der Waals surface area contributed by atoms with Gasteiger partial charge in [0, 0.05) is 25.6 Å². The number of hydrogen-bond acceptors (Lipinski definition) is 3. The fraction of sp³-hybridized carbons (Fsp3) is 0.923. The van der Waals surface area contributed by atoms with Gasteiger partial charge in [-0.3, -0.25) is 9.69 Å². The Morgan fingerprint density at radius 2 is 1.94 bits per heavy atom. The lowest BCUT2D eigenvalue weighted by Gasteiger charge is -2.22. The first-order valence-corrected chi connectivity index (χ1v) is 6.57. The molecule has 0 aliphatic heterocycles. The summed E-state index contributed by atoms with van der Waals surface area (Å²) >= 11 is 0. The van der Waals surface area contributed by atoms with Crippen molar-refractivity contribution in [2.75, 3.05) is 26.8 Å². The molecule has 2 fully saturated rings. The number of methoxy groups -OCH3 is 1. The third-order valence-corrected chi connectivity index (χ3v) is 3.82. The van der Waals surface area contributed by atoms with Gasteiger partial charge in [-0.15, -0.1) is 0 Å². The number of carbonyl (C=O) groups is 1. The Kier molecular flexibility index (Phi) is 4.36. The van der Waals surface area contributed by atoms with Crippen molar-refractivity contribution in [3.63, 3.8) is 0 Å². The van der Waals surface area contributed by atoms with Crippen molar-refractivity contribution in [3.8, 4) is 0 Å². The Bertz CT molecular complexity index is 232. The number of Topliss-reactive ketones (excluding diaryl/α,β-unsaturated/α-hetero) is 1. The maximum Gasteiger partial charge on any atom is 0.149 e. The van der Waals surface area contributed by atoms with E-state index < -0.39 is 0 Å². The lowest BCUT2D eigenvalue weighted by atomic mass is 10.0. The second-order valence-corrected chi connectivity index (χ2v) is 5.14. The topological polar surface area (TPSA) is 29.5 Å². The van der Waals surface area contributed by atoms with E-state index in [0.717, 1.165) is 26.0 Å². The van der Waals surface area contributed by atoms with E-state index in [0.29, 0.717) is 24.3 Å². The molecule has 2 aliphatic rings. The fourth-order valence-corrected chi connectivity index (χ4v) is 2.62. The van der Waals surface area contributed by atoms with Crippen LogP contribution >= 0.6 is 0 Å². The Morgan fingerprint density at radius 1 is 1.25 bits per heavy atom. The normalized spacial score (nSPS) is 21.9. The molecule has 2 aliphatic carbocycles. The number of hydrogen-bond donors (Lipinski definition) is 0. The summed E-state index contributed by atoms with van der Waals surface area (Å²) in [5.74, 6) is 0.837. The molecule has 0 amide bonds. The van der Waals surface area contributed by atoms with Crippen LogP contribution in [0, 0.1) is 5.92 Å². The molecule has 16 heavy (non-hydrogen) atoms. The second kappa shape index (κ2) is 5.78. The van der Waals surface area contributed by atoms with Gasteiger partial charge in [0.1, 0.15) is 5.78 Å². The number of nitrogens with zero attached hydrogens (tertiary/aromatic N) is 1. The van der Waals surface area contributed by atoms with Crippen LogP contribution in [0.5, 0.6) is 0 Å². The van der Waals surface area contributed by atoms with Crippen LogP contribution in [0.25, 0.3) is 0 Å². The Balaban J connectivity index is 1.77. The number of ether oxygens (including phenoxy) is 1. The van der Waals surface area contributed by atoms with Crippen LogP contribution in [-0.4, -0.2) is 43.5 Å². The van der Waals surface area contributed by atoms with Crippen molar-refractivity contribution in [2.45, 2.75) is 44.6 Å². The number of rotatable bonds is 7. The van der Waals surface area contributed by atoms with E-state index in [-0.39, 0.29) is 0 Å². The molecule has 0 spiro atoms. The summed E-state index contributed by atoms with van der Waals surface area (Å²) in [6.45, 7) is 2.33. The highest BCUT2D eigenvalue weighted by Gasteiger charge is 2.32. The van der Waals surface area contributed by atoms with Crippen LogP contribution in [0.3, 0.4) is 0 Å². The molecular formula is C13H23NO2. The van der Waals surface area contributed by atoms with Gasteiger partial charge in [-0.1, -0.05) is 12.8 Å². The van der Waals surface area contributed by atoms with Crippen LogP contribution in [0.2, 0.25) is 0 Å². The third kappa shape index (κ3) is 3.29.